The number of carbonyl (C=O) groups excluding carboxylic acids is 2. The Morgan fingerprint density at radius 2 is 2.05 bits per heavy atom. The van der Waals surface area contributed by atoms with Gasteiger partial charge in [0.25, 0.3) is 0 Å². The SMILES string of the molecule is CCOC(=O)[C@]1(NC(=O)OC(C)(C)C)CC[C@@H](O)C1. The van der Waals surface area contributed by atoms with E-state index in [0.717, 1.165) is 0 Å². The van der Waals surface area contributed by atoms with Gasteiger partial charge in [0.2, 0.25) is 0 Å². The minimum Gasteiger partial charge on any atom is -0.464 e. The fourth-order valence-corrected chi connectivity index (χ4v) is 2.14. The molecule has 2 N–H and O–H groups in total. The molecule has 0 aromatic rings. The summed E-state index contributed by atoms with van der Waals surface area (Å²) in [7, 11) is 0. The molecule has 0 saturated heterocycles. The predicted molar refractivity (Wildman–Crippen MR) is 68.6 cm³/mol. The molecule has 110 valence electrons. The van der Waals surface area contributed by atoms with Crippen molar-refractivity contribution in [3.05, 3.63) is 0 Å². The molecule has 1 rings (SSSR count). The first kappa shape index (κ1) is 15.8. The van der Waals surface area contributed by atoms with Crippen molar-refractivity contribution < 1.29 is 24.2 Å². The average Bonchev–Trinajstić information content (AvgIpc) is 2.58. The van der Waals surface area contributed by atoms with Gasteiger partial charge in [-0.25, -0.2) is 9.59 Å². The third-order valence-electron chi connectivity index (χ3n) is 2.89. The molecule has 6 nitrogen and oxygen atoms in total. The highest BCUT2D eigenvalue weighted by Gasteiger charge is 2.48. The first-order chi connectivity index (χ1) is 8.68. The summed E-state index contributed by atoms with van der Waals surface area (Å²) in [4.78, 5) is 23.8. The summed E-state index contributed by atoms with van der Waals surface area (Å²) in [5, 5.41) is 12.2. The van der Waals surface area contributed by atoms with E-state index in [4.69, 9.17) is 9.47 Å². The van der Waals surface area contributed by atoms with Crippen molar-refractivity contribution in [2.45, 2.75) is 64.2 Å². The average molecular weight is 273 g/mol. The number of rotatable bonds is 3. The van der Waals surface area contributed by atoms with E-state index < -0.39 is 29.3 Å². The molecule has 1 aliphatic carbocycles. The Morgan fingerprint density at radius 1 is 1.42 bits per heavy atom. The van der Waals surface area contributed by atoms with Crippen LogP contribution in [0.25, 0.3) is 0 Å². The van der Waals surface area contributed by atoms with Gasteiger partial charge >= 0.3 is 12.1 Å². The summed E-state index contributed by atoms with van der Waals surface area (Å²) in [5.74, 6) is -0.516. The summed E-state index contributed by atoms with van der Waals surface area (Å²) in [6.45, 7) is 7.16. The summed E-state index contributed by atoms with van der Waals surface area (Å²) in [5.41, 5.74) is -1.81. The van der Waals surface area contributed by atoms with Crippen LogP contribution < -0.4 is 5.32 Å². The summed E-state index contributed by atoms with van der Waals surface area (Å²) >= 11 is 0. The van der Waals surface area contributed by atoms with E-state index in [1.807, 2.05) is 0 Å². The second-order valence-corrected chi connectivity index (χ2v) is 5.83. The maximum atomic E-state index is 12.0. The fraction of sp³-hybridized carbons (Fsp3) is 0.846. The zero-order valence-corrected chi connectivity index (χ0v) is 12.0. The van der Waals surface area contributed by atoms with E-state index in [2.05, 4.69) is 5.32 Å². The number of aliphatic hydroxyl groups excluding tert-OH is 1. The standard InChI is InChI=1S/C13H23NO5/c1-5-18-10(16)13(7-6-9(15)8-13)14-11(17)19-12(2,3)4/h9,15H,5-8H2,1-4H3,(H,14,17)/t9-,13+/m1/s1. The third-order valence-corrected chi connectivity index (χ3v) is 2.89. The van der Waals surface area contributed by atoms with Crippen molar-refractivity contribution in [3.8, 4) is 0 Å². The zero-order valence-electron chi connectivity index (χ0n) is 12.0. The van der Waals surface area contributed by atoms with Gasteiger partial charge in [0.1, 0.15) is 11.1 Å². The number of carbonyl (C=O) groups is 2. The predicted octanol–water partition coefficient (Wildman–Crippen LogP) is 1.36. The molecule has 1 aliphatic rings. The van der Waals surface area contributed by atoms with Crippen LogP contribution in [0.5, 0.6) is 0 Å². The molecule has 1 saturated carbocycles. The molecule has 0 spiro atoms. The van der Waals surface area contributed by atoms with Crippen molar-refractivity contribution in [2.75, 3.05) is 6.61 Å². The molecule has 0 radical (unpaired) electrons. The molecule has 2 atom stereocenters. The van der Waals surface area contributed by atoms with Crippen LogP contribution in [0.4, 0.5) is 4.79 Å². The van der Waals surface area contributed by atoms with E-state index in [-0.39, 0.29) is 13.0 Å². The minimum atomic E-state index is -1.17. The maximum Gasteiger partial charge on any atom is 0.408 e. The van der Waals surface area contributed by atoms with Crippen molar-refractivity contribution in [1.29, 1.82) is 0 Å². The fourth-order valence-electron chi connectivity index (χ4n) is 2.14. The number of nitrogens with one attached hydrogen (secondary N) is 1. The second kappa shape index (κ2) is 5.77. The van der Waals surface area contributed by atoms with Crippen LogP contribution >= 0.6 is 0 Å². The molecule has 0 aromatic carbocycles. The second-order valence-electron chi connectivity index (χ2n) is 5.83. The Labute approximate surface area is 113 Å². The minimum absolute atomic E-state index is 0.158. The summed E-state index contributed by atoms with van der Waals surface area (Å²) in [6, 6.07) is 0. The topological polar surface area (TPSA) is 84.9 Å². The van der Waals surface area contributed by atoms with Gasteiger partial charge < -0.3 is 19.9 Å². The summed E-state index contributed by atoms with van der Waals surface area (Å²) in [6.07, 6.45) is -0.319. The van der Waals surface area contributed by atoms with Crippen LogP contribution in [0.15, 0.2) is 0 Å². The van der Waals surface area contributed by atoms with Crippen LogP contribution in [0.1, 0.15) is 47.0 Å². The normalized spacial score (nSPS) is 26.9. The highest BCUT2D eigenvalue weighted by Crippen LogP contribution is 2.31. The van der Waals surface area contributed by atoms with E-state index in [0.29, 0.717) is 12.8 Å². The quantitative estimate of drug-likeness (QED) is 0.758. The number of esters is 1. The van der Waals surface area contributed by atoms with Gasteiger partial charge in [0, 0.05) is 6.42 Å². The molecule has 6 heteroatoms. The lowest BCUT2D eigenvalue weighted by Crippen LogP contribution is -2.55. The molecule has 0 bridgehead atoms. The van der Waals surface area contributed by atoms with Crippen molar-refractivity contribution in [1.82, 2.24) is 5.32 Å². The number of hydrogen-bond donors (Lipinski definition) is 2. The first-order valence-corrected chi connectivity index (χ1v) is 6.55. The Kier molecular flexibility index (Phi) is 4.79. The Morgan fingerprint density at radius 3 is 2.47 bits per heavy atom. The zero-order chi connectivity index (χ0) is 14.7. The van der Waals surface area contributed by atoms with E-state index in [1.165, 1.54) is 0 Å². The molecule has 1 amide bonds. The summed E-state index contributed by atoms with van der Waals surface area (Å²) < 4.78 is 10.1. The highest BCUT2D eigenvalue weighted by atomic mass is 16.6. The van der Waals surface area contributed by atoms with Gasteiger partial charge in [-0.15, -0.1) is 0 Å². The van der Waals surface area contributed by atoms with Crippen LogP contribution in [0.3, 0.4) is 0 Å². The number of amides is 1. The Bertz CT molecular complexity index is 349. The molecule has 0 aliphatic heterocycles. The van der Waals surface area contributed by atoms with Crippen molar-refractivity contribution >= 4 is 12.1 Å². The molecule has 0 aromatic heterocycles. The maximum absolute atomic E-state index is 12.0. The number of ether oxygens (including phenoxy) is 2. The van der Waals surface area contributed by atoms with Crippen molar-refractivity contribution in [3.63, 3.8) is 0 Å². The van der Waals surface area contributed by atoms with Gasteiger partial charge in [-0.1, -0.05) is 0 Å². The number of aliphatic hydroxyl groups is 1. The largest absolute Gasteiger partial charge is 0.464 e. The lowest BCUT2D eigenvalue weighted by Gasteiger charge is -2.29. The number of hydrogen-bond acceptors (Lipinski definition) is 5. The highest BCUT2D eigenvalue weighted by molar-refractivity contribution is 5.86. The molecular weight excluding hydrogens is 250 g/mol. The first-order valence-electron chi connectivity index (χ1n) is 6.55. The molecule has 19 heavy (non-hydrogen) atoms. The van der Waals surface area contributed by atoms with Gasteiger partial charge in [0.15, 0.2) is 0 Å². The van der Waals surface area contributed by atoms with E-state index >= 15 is 0 Å². The monoisotopic (exact) mass is 273 g/mol. The van der Waals surface area contributed by atoms with Crippen LogP contribution in [0, 0.1) is 0 Å². The van der Waals surface area contributed by atoms with Gasteiger partial charge in [-0.2, -0.15) is 0 Å². The van der Waals surface area contributed by atoms with Crippen LogP contribution in [-0.2, 0) is 14.3 Å². The molecule has 0 unspecified atom stereocenters. The lowest BCUT2D eigenvalue weighted by atomic mass is 9.98. The number of alkyl carbamates (subject to hydrolysis) is 1. The Balaban J connectivity index is 2.76. The van der Waals surface area contributed by atoms with Crippen LogP contribution in [-0.4, -0.2) is 41.0 Å². The molecule has 0 heterocycles. The van der Waals surface area contributed by atoms with Gasteiger partial charge in [-0.05, 0) is 40.5 Å². The molecule has 1 fully saturated rings. The third kappa shape index (κ3) is 4.38. The van der Waals surface area contributed by atoms with Gasteiger partial charge in [0.05, 0.1) is 12.7 Å². The molecular formula is C13H23NO5. The smallest absolute Gasteiger partial charge is 0.408 e. The lowest BCUT2D eigenvalue weighted by molar-refractivity contribution is -0.151. The van der Waals surface area contributed by atoms with E-state index in [9.17, 15) is 14.7 Å². The Hall–Kier alpha value is -1.30. The van der Waals surface area contributed by atoms with E-state index in [1.54, 1.807) is 27.7 Å². The van der Waals surface area contributed by atoms with Crippen molar-refractivity contribution in [2.24, 2.45) is 0 Å². The van der Waals surface area contributed by atoms with Gasteiger partial charge in [-0.3, -0.25) is 0 Å². The van der Waals surface area contributed by atoms with Crippen LogP contribution in [0.2, 0.25) is 0 Å².